The Balaban J connectivity index is 1.77. The molecule has 1 aliphatic rings. The molecule has 0 spiro atoms. The molecule has 0 aliphatic heterocycles. The van der Waals surface area contributed by atoms with Crippen molar-refractivity contribution in [2.24, 2.45) is 5.92 Å². The molecule has 1 aromatic carbocycles. The number of nitro groups is 1. The van der Waals surface area contributed by atoms with Crippen molar-refractivity contribution in [3.05, 3.63) is 63.9 Å². The molecule has 1 atom stereocenters. The minimum absolute atomic E-state index is 0.0513. The number of esters is 1. The summed E-state index contributed by atoms with van der Waals surface area (Å²) in [6, 6.07) is 5.37. The maximum absolute atomic E-state index is 11.8. The van der Waals surface area contributed by atoms with Gasteiger partial charge in [-0.2, -0.15) is 0 Å². The van der Waals surface area contributed by atoms with Crippen molar-refractivity contribution in [3.8, 4) is 0 Å². The summed E-state index contributed by atoms with van der Waals surface area (Å²) >= 11 is 0. The van der Waals surface area contributed by atoms with Crippen LogP contribution in [0.15, 0.2) is 48.3 Å². The zero-order valence-electron chi connectivity index (χ0n) is 12.2. The first-order valence-electron chi connectivity index (χ1n) is 6.94. The summed E-state index contributed by atoms with van der Waals surface area (Å²) in [5.41, 5.74) is 0.260. The first-order valence-corrected chi connectivity index (χ1v) is 6.94. The van der Waals surface area contributed by atoms with Crippen molar-refractivity contribution in [2.75, 3.05) is 13.7 Å². The van der Waals surface area contributed by atoms with Crippen molar-refractivity contribution in [2.45, 2.75) is 12.8 Å². The van der Waals surface area contributed by atoms with E-state index in [1.165, 1.54) is 24.3 Å². The average Bonchev–Trinajstić information content (AvgIpc) is 2.55. The molecule has 1 aromatic rings. The fourth-order valence-corrected chi connectivity index (χ4v) is 2.12. The maximum atomic E-state index is 11.8. The Labute approximate surface area is 128 Å². The molecule has 0 saturated heterocycles. The second-order valence-corrected chi connectivity index (χ2v) is 4.89. The van der Waals surface area contributed by atoms with Crippen LogP contribution in [-0.2, 0) is 9.47 Å². The van der Waals surface area contributed by atoms with Crippen molar-refractivity contribution < 1.29 is 19.2 Å². The van der Waals surface area contributed by atoms with Crippen molar-refractivity contribution in [1.29, 1.82) is 0 Å². The van der Waals surface area contributed by atoms with Gasteiger partial charge in [0.2, 0.25) is 0 Å². The van der Waals surface area contributed by atoms with E-state index in [2.05, 4.69) is 0 Å². The van der Waals surface area contributed by atoms with Gasteiger partial charge < -0.3 is 9.47 Å². The van der Waals surface area contributed by atoms with Crippen molar-refractivity contribution in [1.82, 2.24) is 0 Å². The zero-order chi connectivity index (χ0) is 15.9. The summed E-state index contributed by atoms with van der Waals surface area (Å²) in [6.07, 6.45) is 7.53. The normalized spacial score (nSPS) is 16.8. The van der Waals surface area contributed by atoms with Crippen LogP contribution in [0.5, 0.6) is 0 Å². The number of carbonyl (C=O) groups is 1. The summed E-state index contributed by atoms with van der Waals surface area (Å²) in [4.78, 5) is 21.9. The topological polar surface area (TPSA) is 78.7 Å². The summed E-state index contributed by atoms with van der Waals surface area (Å²) in [7, 11) is 1.63. The van der Waals surface area contributed by atoms with Gasteiger partial charge in [-0.1, -0.05) is 6.08 Å². The van der Waals surface area contributed by atoms with Gasteiger partial charge in [0, 0.05) is 12.1 Å². The van der Waals surface area contributed by atoms with Crippen LogP contribution in [0, 0.1) is 16.0 Å². The van der Waals surface area contributed by atoms with Crippen LogP contribution in [0.3, 0.4) is 0 Å². The van der Waals surface area contributed by atoms with E-state index in [4.69, 9.17) is 9.47 Å². The Kier molecular flexibility index (Phi) is 5.30. The number of benzene rings is 1. The number of rotatable bonds is 6. The van der Waals surface area contributed by atoms with Crippen LogP contribution in [0.2, 0.25) is 0 Å². The molecule has 0 fully saturated rings. The molecule has 0 radical (unpaired) electrons. The Morgan fingerprint density at radius 3 is 2.64 bits per heavy atom. The van der Waals surface area contributed by atoms with Gasteiger partial charge >= 0.3 is 5.97 Å². The number of nitro benzene ring substituents is 1. The predicted octanol–water partition coefficient (Wildman–Crippen LogP) is 3.25. The second kappa shape index (κ2) is 7.40. The molecular formula is C16H17NO5. The number of non-ortho nitro benzene ring substituents is 1. The summed E-state index contributed by atoms with van der Waals surface area (Å²) in [5.74, 6) is 0.700. The number of carbonyl (C=O) groups excluding carboxylic acids is 1. The molecule has 0 N–H and O–H groups in total. The minimum atomic E-state index is -0.508. The standard InChI is InChI=1S/C16H17NO5/c1-21-15-8-2-12(3-9-15)10-11-22-16(18)13-4-6-14(7-5-13)17(19)20/h2,4-9,12H,3,10-11H2,1H3. The Bertz CT molecular complexity index is 603. The third-order valence-corrected chi connectivity index (χ3v) is 3.43. The van der Waals surface area contributed by atoms with E-state index in [0.29, 0.717) is 18.1 Å². The monoisotopic (exact) mass is 303 g/mol. The van der Waals surface area contributed by atoms with Crippen LogP contribution < -0.4 is 0 Å². The summed E-state index contributed by atoms with van der Waals surface area (Å²) in [6.45, 7) is 0.307. The molecule has 0 amide bonds. The van der Waals surface area contributed by atoms with E-state index in [-0.39, 0.29) is 5.69 Å². The molecule has 22 heavy (non-hydrogen) atoms. The van der Waals surface area contributed by atoms with E-state index in [0.717, 1.165) is 18.6 Å². The first kappa shape index (κ1) is 15.8. The summed E-state index contributed by atoms with van der Waals surface area (Å²) in [5, 5.41) is 10.5. The first-order chi connectivity index (χ1) is 10.6. The van der Waals surface area contributed by atoms with E-state index in [1.54, 1.807) is 7.11 Å². The van der Waals surface area contributed by atoms with Crippen molar-refractivity contribution >= 4 is 11.7 Å². The van der Waals surface area contributed by atoms with Crippen LogP contribution in [-0.4, -0.2) is 24.6 Å². The van der Waals surface area contributed by atoms with E-state index in [9.17, 15) is 14.9 Å². The van der Waals surface area contributed by atoms with Gasteiger partial charge in [0.1, 0.15) is 5.76 Å². The fourth-order valence-electron chi connectivity index (χ4n) is 2.12. The lowest BCUT2D eigenvalue weighted by Gasteiger charge is -2.15. The summed E-state index contributed by atoms with van der Waals surface area (Å²) < 4.78 is 10.3. The number of allylic oxidation sites excluding steroid dienone is 3. The SMILES string of the molecule is COC1=CCC(CCOC(=O)c2ccc([N+](=O)[O-])cc2)C=C1. The highest BCUT2D eigenvalue weighted by Crippen LogP contribution is 2.20. The van der Waals surface area contributed by atoms with E-state index >= 15 is 0 Å². The number of hydrogen-bond acceptors (Lipinski definition) is 5. The van der Waals surface area contributed by atoms with E-state index in [1.807, 2.05) is 18.2 Å². The third-order valence-electron chi connectivity index (χ3n) is 3.43. The largest absolute Gasteiger partial charge is 0.497 e. The molecular weight excluding hydrogens is 286 g/mol. The fraction of sp³-hybridized carbons (Fsp3) is 0.312. The molecule has 1 aliphatic carbocycles. The number of nitrogens with zero attached hydrogens (tertiary/aromatic N) is 1. The molecule has 1 unspecified atom stereocenters. The van der Waals surface area contributed by atoms with Crippen LogP contribution in [0.4, 0.5) is 5.69 Å². The van der Waals surface area contributed by atoms with Gasteiger partial charge in [-0.15, -0.1) is 0 Å². The molecule has 0 saturated carbocycles. The zero-order valence-corrected chi connectivity index (χ0v) is 12.2. The Morgan fingerprint density at radius 2 is 2.09 bits per heavy atom. The Morgan fingerprint density at radius 1 is 1.36 bits per heavy atom. The minimum Gasteiger partial charge on any atom is -0.497 e. The lowest BCUT2D eigenvalue weighted by Crippen LogP contribution is -2.10. The van der Waals surface area contributed by atoms with Crippen LogP contribution >= 0.6 is 0 Å². The molecule has 116 valence electrons. The Hall–Kier alpha value is -2.63. The molecule has 0 aromatic heterocycles. The van der Waals surface area contributed by atoms with Crippen LogP contribution in [0.1, 0.15) is 23.2 Å². The van der Waals surface area contributed by atoms with Crippen molar-refractivity contribution in [3.63, 3.8) is 0 Å². The lowest BCUT2D eigenvalue weighted by molar-refractivity contribution is -0.384. The molecule has 6 nitrogen and oxygen atoms in total. The number of ether oxygens (including phenoxy) is 2. The molecule has 0 heterocycles. The highest BCUT2D eigenvalue weighted by molar-refractivity contribution is 5.89. The van der Waals surface area contributed by atoms with Gasteiger partial charge in [-0.3, -0.25) is 10.1 Å². The van der Waals surface area contributed by atoms with E-state index < -0.39 is 10.9 Å². The van der Waals surface area contributed by atoms with Crippen LogP contribution in [0.25, 0.3) is 0 Å². The number of methoxy groups -OCH3 is 1. The molecule has 6 heteroatoms. The highest BCUT2D eigenvalue weighted by Gasteiger charge is 2.13. The molecule has 0 bridgehead atoms. The lowest BCUT2D eigenvalue weighted by atomic mass is 9.97. The van der Waals surface area contributed by atoms with Gasteiger partial charge in [-0.25, -0.2) is 4.79 Å². The average molecular weight is 303 g/mol. The quantitative estimate of drug-likeness (QED) is 0.458. The smallest absolute Gasteiger partial charge is 0.338 e. The maximum Gasteiger partial charge on any atom is 0.338 e. The van der Waals surface area contributed by atoms with Gasteiger partial charge in [0.05, 0.1) is 24.2 Å². The molecule has 2 rings (SSSR count). The predicted molar refractivity (Wildman–Crippen MR) is 80.3 cm³/mol. The van der Waals surface area contributed by atoms with Gasteiger partial charge in [0.25, 0.3) is 5.69 Å². The highest BCUT2D eigenvalue weighted by atomic mass is 16.6. The van der Waals surface area contributed by atoms with Gasteiger partial charge in [-0.05, 0) is 43.0 Å². The number of hydrogen-bond donors (Lipinski definition) is 0. The third kappa shape index (κ3) is 4.18. The second-order valence-electron chi connectivity index (χ2n) is 4.89. The van der Waals surface area contributed by atoms with Gasteiger partial charge in [0.15, 0.2) is 0 Å².